The average molecular weight is 183 g/mol. The Bertz CT molecular complexity index is 435. The molecule has 0 aliphatic heterocycles. The molecular formula is C12H11N2. The van der Waals surface area contributed by atoms with Crippen LogP contribution in [0.5, 0.6) is 0 Å². The summed E-state index contributed by atoms with van der Waals surface area (Å²) in [6.07, 6.45) is 3.57. The second-order valence-electron chi connectivity index (χ2n) is 3.16. The second kappa shape index (κ2) is 3.50. The number of hydrogen-bond donors (Lipinski definition) is 1. The van der Waals surface area contributed by atoms with E-state index in [1.54, 1.807) is 6.20 Å². The minimum absolute atomic E-state index is 0.739. The Morgan fingerprint density at radius 2 is 2.07 bits per heavy atom. The lowest BCUT2D eigenvalue weighted by atomic mass is 10.0. The fourth-order valence-electron chi connectivity index (χ4n) is 1.42. The fourth-order valence-corrected chi connectivity index (χ4v) is 1.42. The first-order valence-corrected chi connectivity index (χ1v) is 4.39. The number of nitrogen functional groups attached to an aromatic ring is 1. The molecule has 14 heavy (non-hydrogen) atoms. The molecule has 0 atom stereocenters. The highest BCUT2D eigenvalue weighted by Gasteiger charge is 2.00. The third-order valence-electron chi connectivity index (χ3n) is 2.10. The Hall–Kier alpha value is -1.83. The number of hydrogen-bond acceptors (Lipinski definition) is 2. The van der Waals surface area contributed by atoms with Gasteiger partial charge in [-0.05, 0) is 36.2 Å². The fraction of sp³-hybridized carbons (Fsp3) is 0. The van der Waals surface area contributed by atoms with Crippen molar-refractivity contribution in [3.8, 4) is 11.1 Å². The molecule has 1 radical (unpaired) electrons. The van der Waals surface area contributed by atoms with E-state index in [1.807, 2.05) is 36.5 Å². The number of rotatable bonds is 1. The van der Waals surface area contributed by atoms with Crippen molar-refractivity contribution in [1.29, 1.82) is 0 Å². The molecule has 1 aromatic heterocycles. The van der Waals surface area contributed by atoms with Crippen LogP contribution in [0.1, 0.15) is 5.56 Å². The largest absolute Gasteiger partial charge is 0.399 e. The Morgan fingerprint density at radius 3 is 2.71 bits per heavy atom. The van der Waals surface area contributed by atoms with Crippen LogP contribution in [0.25, 0.3) is 11.1 Å². The van der Waals surface area contributed by atoms with E-state index in [-0.39, 0.29) is 0 Å². The van der Waals surface area contributed by atoms with Gasteiger partial charge in [-0.2, -0.15) is 0 Å². The van der Waals surface area contributed by atoms with Crippen molar-refractivity contribution in [2.45, 2.75) is 0 Å². The smallest absolute Gasteiger partial charge is 0.0346 e. The highest BCUT2D eigenvalue weighted by atomic mass is 14.6. The molecule has 2 rings (SSSR count). The van der Waals surface area contributed by atoms with E-state index in [0.717, 1.165) is 22.4 Å². The molecule has 0 spiro atoms. The Morgan fingerprint density at radius 1 is 1.21 bits per heavy atom. The van der Waals surface area contributed by atoms with Crippen molar-refractivity contribution in [3.63, 3.8) is 0 Å². The third-order valence-corrected chi connectivity index (χ3v) is 2.10. The van der Waals surface area contributed by atoms with E-state index in [2.05, 4.69) is 11.9 Å². The van der Waals surface area contributed by atoms with Gasteiger partial charge in [0.1, 0.15) is 0 Å². The summed E-state index contributed by atoms with van der Waals surface area (Å²) in [6.45, 7) is 3.95. The van der Waals surface area contributed by atoms with Crippen LogP contribution in [0.3, 0.4) is 0 Å². The highest BCUT2D eigenvalue weighted by Crippen LogP contribution is 2.23. The lowest BCUT2D eigenvalue weighted by Crippen LogP contribution is -1.88. The highest BCUT2D eigenvalue weighted by molar-refractivity contribution is 5.69. The summed E-state index contributed by atoms with van der Waals surface area (Å²) < 4.78 is 0. The molecular weight excluding hydrogens is 172 g/mol. The molecule has 0 bridgehead atoms. The van der Waals surface area contributed by atoms with Gasteiger partial charge in [-0.3, -0.25) is 4.98 Å². The SMILES string of the molecule is [CH2]c1cc(N)ccc1-c1cccnc1. The van der Waals surface area contributed by atoms with Gasteiger partial charge in [-0.1, -0.05) is 12.1 Å². The van der Waals surface area contributed by atoms with Crippen molar-refractivity contribution in [3.05, 3.63) is 55.2 Å². The Kier molecular flexibility index (Phi) is 2.19. The van der Waals surface area contributed by atoms with Crippen LogP contribution in [0.15, 0.2) is 42.7 Å². The monoisotopic (exact) mass is 183 g/mol. The lowest BCUT2D eigenvalue weighted by Gasteiger charge is -2.05. The number of nitrogens with zero attached hydrogens (tertiary/aromatic N) is 1. The predicted octanol–water partition coefficient (Wildman–Crippen LogP) is 2.51. The van der Waals surface area contributed by atoms with E-state index in [0.29, 0.717) is 0 Å². The molecule has 2 aromatic rings. The molecule has 69 valence electrons. The van der Waals surface area contributed by atoms with Gasteiger partial charge in [0.2, 0.25) is 0 Å². The maximum absolute atomic E-state index is 5.65. The normalized spacial score (nSPS) is 10.1. The average Bonchev–Trinajstić information content (AvgIpc) is 2.19. The third kappa shape index (κ3) is 1.59. The first-order valence-electron chi connectivity index (χ1n) is 4.39. The maximum atomic E-state index is 5.65. The zero-order valence-electron chi connectivity index (χ0n) is 7.77. The molecule has 1 heterocycles. The van der Waals surface area contributed by atoms with Gasteiger partial charge < -0.3 is 5.73 Å². The van der Waals surface area contributed by atoms with Crippen LogP contribution >= 0.6 is 0 Å². The minimum atomic E-state index is 0.739. The van der Waals surface area contributed by atoms with E-state index in [1.165, 1.54) is 0 Å². The molecule has 0 saturated carbocycles. The van der Waals surface area contributed by atoms with Crippen LogP contribution in [-0.2, 0) is 0 Å². The van der Waals surface area contributed by atoms with Gasteiger partial charge >= 0.3 is 0 Å². The van der Waals surface area contributed by atoms with Gasteiger partial charge in [-0.15, -0.1) is 0 Å². The van der Waals surface area contributed by atoms with Gasteiger partial charge in [0.15, 0.2) is 0 Å². The van der Waals surface area contributed by atoms with Gasteiger partial charge in [0.25, 0.3) is 0 Å². The van der Waals surface area contributed by atoms with Crippen LogP contribution < -0.4 is 5.73 Å². The van der Waals surface area contributed by atoms with Crippen LogP contribution in [0.2, 0.25) is 0 Å². The van der Waals surface area contributed by atoms with Crippen molar-refractivity contribution in [2.75, 3.05) is 5.73 Å². The lowest BCUT2D eigenvalue weighted by molar-refractivity contribution is 1.33. The number of nitrogens with two attached hydrogens (primary N) is 1. The second-order valence-corrected chi connectivity index (χ2v) is 3.16. The van der Waals surface area contributed by atoms with E-state index in [9.17, 15) is 0 Å². The summed E-state index contributed by atoms with van der Waals surface area (Å²) in [6, 6.07) is 9.62. The molecule has 0 unspecified atom stereocenters. The molecule has 2 N–H and O–H groups in total. The minimum Gasteiger partial charge on any atom is -0.399 e. The van der Waals surface area contributed by atoms with E-state index < -0.39 is 0 Å². The summed E-state index contributed by atoms with van der Waals surface area (Å²) in [5.74, 6) is 0. The van der Waals surface area contributed by atoms with Crippen LogP contribution in [0, 0.1) is 6.92 Å². The molecule has 0 amide bonds. The number of pyridine rings is 1. The molecule has 1 aromatic carbocycles. The first-order chi connectivity index (χ1) is 6.77. The van der Waals surface area contributed by atoms with Crippen LogP contribution in [-0.4, -0.2) is 4.98 Å². The zero-order chi connectivity index (χ0) is 9.97. The first kappa shape index (κ1) is 8.75. The molecule has 2 heteroatoms. The van der Waals surface area contributed by atoms with Gasteiger partial charge in [0.05, 0.1) is 0 Å². The Balaban J connectivity index is 2.53. The topological polar surface area (TPSA) is 38.9 Å². The zero-order valence-corrected chi connectivity index (χ0v) is 7.77. The van der Waals surface area contributed by atoms with Crippen molar-refractivity contribution < 1.29 is 0 Å². The summed E-state index contributed by atoms with van der Waals surface area (Å²) >= 11 is 0. The van der Waals surface area contributed by atoms with Crippen molar-refractivity contribution in [1.82, 2.24) is 4.98 Å². The van der Waals surface area contributed by atoms with Gasteiger partial charge in [0, 0.05) is 23.6 Å². The molecule has 0 fully saturated rings. The van der Waals surface area contributed by atoms with Gasteiger partial charge in [-0.25, -0.2) is 0 Å². The predicted molar refractivity (Wildman–Crippen MR) is 58.5 cm³/mol. The molecule has 0 aliphatic rings. The summed E-state index contributed by atoms with van der Waals surface area (Å²) in [7, 11) is 0. The molecule has 0 aliphatic carbocycles. The number of anilines is 1. The number of aromatic nitrogens is 1. The summed E-state index contributed by atoms with van der Waals surface area (Å²) in [5.41, 5.74) is 9.46. The number of benzene rings is 1. The molecule has 0 saturated heterocycles. The van der Waals surface area contributed by atoms with E-state index >= 15 is 0 Å². The maximum Gasteiger partial charge on any atom is 0.0346 e. The van der Waals surface area contributed by atoms with Crippen molar-refractivity contribution >= 4 is 5.69 Å². The van der Waals surface area contributed by atoms with E-state index in [4.69, 9.17) is 5.73 Å². The Labute approximate surface area is 83.4 Å². The van der Waals surface area contributed by atoms with Crippen molar-refractivity contribution in [2.24, 2.45) is 0 Å². The summed E-state index contributed by atoms with van der Waals surface area (Å²) in [5, 5.41) is 0. The van der Waals surface area contributed by atoms with Crippen LogP contribution in [0.4, 0.5) is 5.69 Å². The molecule has 2 nitrogen and oxygen atoms in total. The standard InChI is InChI=1S/C12H11N2/c1-9-7-11(13)4-5-12(9)10-3-2-6-14-8-10/h2-8H,1,13H2. The quantitative estimate of drug-likeness (QED) is 0.690. The summed E-state index contributed by atoms with van der Waals surface area (Å²) in [4.78, 5) is 4.07.